The molecule has 186 valence electrons. The Morgan fingerprint density at radius 2 is 1.97 bits per heavy atom. The van der Waals surface area contributed by atoms with Crippen LogP contribution < -0.4 is 4.90 Å². The molecule has 1 aliphatic rings. The van der Waals surface area contributed by atoms with E-state index < -0.39 is 16.1 Å². The van der Waals surface area contributed by atoms with E-state index in [1.807, 2.05) is 30.3 Å². The maximum Gasteiger partial charge on any atom is 0.247 e. The lowest BCUT2D eigenvalue weighted by Gasteiger charge is -2.28. The van der Waals surface area contributed by atoms with Crippen LogP contribution >= 0.6 is 22.9 Å². The first kappa shape index (κ1) is 24.8. The zero-order chi connectivity index (χ0) is 25.3. The molecule has 2 aromatic heterocycles. The Balaban J connectivity index is 1.52. The highest BCUT2D eigenvalue weighted by Gasteiger charge is 2.42. The van der Waals surface area contributed by atoms with Crippen LogP contribution in [0.1, 0.15) is 31.0 Å². The molecule has 1 fully saturated rings. The van der Waals surface area contributed by atoms with E-state index in [4.69, 9.17) is 16.6 Å². The summed E-state index contributed by atoms with van der Waals surface area (Å²) in [5.74, 6) is -0.300. The number of pyridine rings is 1. The van der Waals surface area contributed by atoms with Gasteiger partial charge in [-0.3, -0.25) is 14.7 Å². The molecular weight excluding hydrogens is 516 g/mol. The summed E-state index contributed by atoms with van der Waals surface area (Å²) in [6.07, 6.45) is 3.62. The molecule has 0 spiro atoms. The minimum atomic E-state index is -3.88. The number of carbonyl (C=O) groups excluding carboxylic acids is 1. The van der Waals surface area contributed by atoms with Crippen molar-refractivity contribution in [3.05, 3.63) is 83.1 Å². The molecule has 1 atom stereocenters. The molecule has 4 aromatic rings. The summed E-state index contributed by atoms with van der Waals surface area (Å²) in [4.78, 5) is 24.9. The number of hydrogen-bond donors (Lipinski definition) is 0. The van der Waals surface area contributed by atoms with Gasteiger partial charge in [-0.15, -0.1) is 0 Å². The summed E-state index contributed by atoms with van der Waals surface area (Å²) in [5.41, 5.74) is 2.70. The van der Waals surface area contributed by atoms with Crippen LogP contribution in [-0.4, -0.2) is 41.2 Å². The van der Waals surface area contributed by atoms with Crippen molar-refractivity contribution in [3.8, 4) is 0 Å². The van der Waals surface area contributed by atoms with E-state index in [0.717, 1.165) is 16.6 Å². The SMILES string of the molecule is CCc1ccc2nc(N(Cc3ccccn3)C(=O)C3CCCN3S(=O)(=O)c3ccc(Cl)cc3)sc2c1. The van der Waals surface area contributed by atoms with Crippen LogP contribution in [0.25, 0.3) is 10.2 Å². The highest BCUT2D eigenvalue weighted by molar-refractivity contribution is 7.89. The van der Waals surface area contributed by atoms with Crippen molar-refractivity contribution in [2.45, 2.75) is 43.7 Å². The Labute approximate surface area is 219 Å². The van der Waals surface area contributed by atoms with E-state index in [1.54, 1.807) is 23.2 Å². The van der Waals surface area contributed by atoms with Gasteiger partial charge in [-0.25, -0.2) is 13.4 Å². The lowest BCUT2D eigenvalue weighted by Crippen LogP contribution is -2.47. The zero-order valence-electron chi connectivity index (χ0n) is 19.7. The topological polar surface area (TPSA) is 83.5 Å². The second kappa shape index (κ2) is 10.3. The molecule has 1 amide bonds. The number of amides is 1. The molecule has 2 aromatic carbocycles. The van der Waals surface area contributed by atoms with Crippen LogP contribution in [0.2, 0.25) is 5.02 Å². The number of anilines is 1. The largest absolute Gasteiger partial charge is 0.281 e. The predicted octanol–water partition coefficient (Wildman–Crippen LogP) is 5.29. The minimum absolute atomic E-state index is 0.120. The molecule has 1 aliphatic heterocycles. The van der Waals surface area contributed by atoms with Crippen LogP contribution in [-0.2, 0) is 27.8 Å². The van der Waals surface area contributed by atoms with Crippen LogP contribution in [0.3, 0.4) is 0 Å². The summed E-state index contributed by atoms with van der Waals surface area (Å²) in [6.45, 7) is 2.57. The van der Waals surface area contributed by atoms with Crippen LogP contribution in [0.4, 0.5) is 5.13 Å². The standard InChI is InChI=1S/C26H25ClN4O3S2/c1-2-18-8-13-22-24(16-18)35-26(29-22)30(17-20-6-3-4-14-28-20)25(32)23-7-5-15-31(23)36(33,34)21-11-9-19(27)10-12-21/h3-4,6,8-14,16,23H,2,5,7,15,17H2,1H3. The number of sulfonamides is 1. The van der Waals surface area contributed by atoms with E-state index in [2.05, 4.69) is 18.0 Å². The normalized spacial score (nSPS) is 16.4. The molecule has 5 rings (SSSR count). The molecule has 0 N–H and O–H groups in total. The second-order valence-electron chi connectivity index (χ2n) is 8.63. The molecule has 0 saturated carbocycles. The fourth-order valence-electron chi connectivity index (χ4n) is 4.38. The first-order chi connectivity index (χ1) is 17.4. The van der Waals surface area contributed by atoms with Crippen molar-refractivity contribution in [2.24, 2.45) is 0 Å². The van der Waals surface area contributed by atoms with Gasteiger partial charge in [0.1, 0.15) is 6.04 Å². The van der Waals surface area contributed by atoms with Crippen molar-refractivity contribution in [3.63, 3.8) is 0 Å². The maximum atomic E-state index is 14.0. The lowest BCUT2D eigenvalue weighted by molar-refractivity contribution is -0.121. The number of rotatable bonds is 7. The van der Waals surface area contributed by atoms with E-state index >= 15 is 0 Å². The van der Waals surface area contributed by atoms with E-state index in [1.165, 1.54) is 33.3 Å². The van der Waals surface area contributed by atoms with Crippen LogP contribution in [0, 0.1) is 0 Å². The van der Waals surface area contributed by atoms with Gasteiger partial charge in [-0.05, 0) is 73.4 Å². The molecule has 0 bridgehead atoms. The summed E-state index contributed by atoms with van der Waals surface area (Å²) < 4.78 is 29.3. The summed E-state index contributed by atoms with van der Waals surface area (Å²) in [6, 6.07) is 16.8. The van der Waals surface area contributed by atoms with Gasteiger partial charge in [0.25, 0.3) is 0 Å². The summed E-state index contributed by atoms with van der Waals surface area (Å²) >= 11 is 7.39. The Morgan fingerprint density at radius 1 is 1.17 bits per heavy atom. The number of thiazole rings is 1. The Morgan fingerprint density at radius 3 is 2.69 bits per heavy atom. The molecule has 0 radical (unpaired) electrons. The van der Waals surface area contributed by atoms with Crippen LogP contribution in [0.5, 0.6) is 0 Å². The molecular formula is C26H25ClN4O3S2. The minimum Gasteiger partial charge on any atom is -0.281 e. The number of aryl methyl sites for hydroxylation is 1. The molecule has 1 saturated heterocycles. The average Bonchev–Trinajstić information content (AvgIpc) is 3.55. The second-order valence-corrected chi connectivity index (χ2v) is 12.0. The number of benzene rings is 2. The van der Waals surface area contributed by atoms with Gasteiger partial charge in [-0.1, -0.05) is 42.0 Å². The number of carbonyl (C=O) groups is 1. The maximum absolute atomic E-state index is 14.0. The van der Waals surface area contributed by atoms with Crippen molar-refractivity contribution in [1.82, 2.24) is 14.3 Å². The first-order valence-electron chi connectivity index (χ1n) is 11.7. The van der Waals surface area contributed by atoms with E-state index in [0.29, 0.717) is 28.7 Å². The van der Waals surface area contributed by atoms with Crippen molar-refractivity contribution >= 4 is 54.2 Å². The highest BCUT2D eigenvalue weighted by Crippen LogP contribution is 2.34. The number of aromatic nitrogens is 2. The number of hydrogen-bond acceptors (Lipinski definition) is 6. The van der Waals surface area contributed by atoms with E-state index in [-0.39, 0.29) is 23.9 Å². The fraction of sp³-hybridized carbons (Fsp3) is 0.269. The Hall–Kier alpha value is -2.85. The Kier molecular flexibility index (Phi) is 7.07. The van der Waals surface area contributed by atoms with Gasteiger partial charge in [0, 0.05) is 17.8 Å². The van der Waals surface area contributed by atoms with Crippen molar-refractivity contribution < 1.29 is 13.2 Å². The molecule has 3 heterocycles. The van der Waals surface area contributed by atoms with Gasteiger partial charge in [0.2, 0.25) is 15.9 Å². The molecule has 0 aliphatic carbocycles. The fourth-order valence-corrected chi connectivity index (χ4v) is 7.19. The lowest BCUT2D eigenvalue weighted by atomic mass is 10.2. The third-order valence-corrected chi connectivity index (χ3v) is 9.52. The van der Waals surface area contributed by atoms with Gasteiger partial charge in [-0.2, -0.15) is 4.31 Å². The monoisotopic (exact) mass is 540 g/mol. The third kappa shape index (κ3) is 4.88. The van der Waals surface area contributed by atoms with Gasteiger partial charge in [0.15, 0.2) is 5.13 Å². The zero-order valence-corrected chi connectivity index (χ0v) is 22.1. The number of nitrogens with zero attached hydrogens (tertiary/aromatic N) is 4. The van der Waals surface area contributed by atoms with Gasteiger partial charge >= 0.3 is 0 Å². The summed E-state index contributed by atoms with van der Waals surface area (Å²) in [7, 11) is -3.88. The summed E-state index contributed by atoms with van der Waals surface area (Å²) in [5, 5.41) is 0.983. The molecule has 10 heteroatoms. The molecule has 36 heavy (non-hydrogen) atoms. The average molecular weight is 541 g/mol. The first-order valence-corrected chi connectivity index (χ1v) is 14.4. The number of fused-ring (bicyclic) bond motifs is 1. The van der Waals surface area contributed by atoms with Gasteiger partial charge < -0.3 is 0 Å². The highest BCUT2D eigenvalue weighted by atomic mass is 35.5. The quantitative estimate of drug-likeness (QED) is 0.318. The van der Waals surface area contributed by atoms with Crippen LogP contribution in [0.15, 0.2) is 71.8 Å². The smallest absolute Gasteiger partial charge is 0.247 e. The molecule has 7 nitrogen and oxygen atoms in total. The predicted molar refractivity (Wildman–Crippen MR) is 143 cm³/mol. The van der Waals surface area contributed by atoms with E-state index in [9.17, 15) is 13.2 Å². The Bertz CT molecular complexity index is 1490. The molecule has 1 unspecified atom stereocenters. The third-order valence-electron chi connectivity index (χ3n) is 6.30. The van der Waals surface area contributed by atoms with Crippen molar-refractivity contribution in [2.75, 3.05) is 11.4 Å². The van der Waals surface area contributed by atoms with Crippen molar-refractivity contribution in [1.29, 1.82) is 0 Å². The van der Waals surface area contributed by atoms with Gasteiger partial charge in [0.05, 0.1) is 27.4 Å². The number of halogens is 1.